The summed E-state index contributed by atoms with van der Waals surface area (Å²) in [5, 5.41) is 14.7. The van der Waals surface area contributed by atoms with Gasteiger partial charge in [0.2, 0.25) is 0 Å². The molecule has 2 heterocycles. The molecule has 1 aromatic carbocycles. The molecule has 7 heteroatoms. The van der Waals surface area contributed by atoms with Crippen molar-refractivity contribution >= 4 is 0 Å². The molecule has 0 radical (unpaired) electrons. The predicted molar refractivity (Wildman–Crippen MR) is 56.2 cm³/mol. The molecule has 0 aliphatic heterocycles. The summed E-state index contributed by atoms with van der Waals surface area (Å²) < 4.78 is 16.5. The normalized spacial score (nSPS) is 10.6. The lowest BCUT2D eigenvalue weighted by Crippen LogP contribution is -2.02. The molecule has 0 aliphatic rings. The van der Waals surface area contributed by atoms with Crippen LogP contribution in [0.2, 0.25) is 0 Å². The van der Waals surface area contributed by atoms with Gasteiger partial charge in [-0.3, -0.25) is 0 Å². The van der Waals surface area contributed by atoms with Crippen molar-refractivity contribution in [2.45, 2.75) is 0 Å². The molecular weight excluding hydrogens is 223 g/mol. The van der Waals surface area contributed by atoms with E-state index in [9.17, 15) is 4.39 Å². The number of nitrogens with zero attached hydrogens (tertiary/aromatic N) is 6. The monoisotopic (exact) mass is 230 g/mol. The van der Waals surface area contributed by atoms with E-state index in [1.54, 1.807) is 35.3 Å². The molecule has 0 bridgehead atoms. The zero-order valence-corrected chi connectivity index (χ0v) is 8.60. The Balaban J connectivity index is 2.13. The van der Waals surface area contributed by atoms with Crippen molar-refractivity contribution in [3.8, 4) is 11.4 Å². The van der Waals surface area contributed by atoms with Gasteiger partial charge in [0.15, 0.2) is 0 Å². The Labute approximate surface area is 95.3 Å². The van der Waals surface area contributed by atoms with Crippen LogP contribution >= 0.6 is 0 Å². The van der Waals surface area contributed by atoms with E-state index in [1.807, 2.05) is 0 Å². The molecule has 0 saturated carbocycles. The number of tetrazole rings is 1. The fourth-order valence-corrected chi connectivity index (χ4v) is 1.51. The second-order valence-corrected chi connectivity index (χ2v) is 3.34. The van der Waals surface area contributed by atoms with Gasteiger partial charge in [-0.1, -0.05) is 0 Å². The quantitative estimate of drug-likeness (QED) is 0.658. The van der Waals surface area contributed by atoms with Gasteiger partial charge in [-0.05, 0) is 34.7 Å². The Morgan fingerprint density at radius 3 is 2.82 bits per heavy atom. The molecule has 0 N–H and O–H groups in total. The molecule has 6 nitrogen and oxygen atoms in total. The molecule has 0 amide bonds. The molecule has 0 aliphatic carbocycles. The summed E-state index contributed by atoms with van der Waals surface area (Å²) in [6.07, 6.45) is 4.77. The summed E-state index contributed by atoms with van der Waals surface area (Å²) in [5.41, 5.74) is 1.02. The van der Waals surface area contributed by atoms with Gasteiger partial charge in [0.25, 0.3) is 0 Å². The first-order chi connectivity index (χ1) is 8.34. The van der Waals surface area contributed by atoms with Crippen molar-refractivity contribution in [3.05, 3.63) is 48.8 Å². The van der Waals surface area contributed by atoms with Gasteiger partial charge in [0, 0.05) is 12.4 Å². The summed E-state index contributed by atoms with van der Waals surface area (Å²) in [5.74, 6) is -0.395. The van der Waals surface area contributed by atoms with Crippen LogP contribution in [0, 0.1) is 5.82 Å². The summed E-state index contributed by atoms with van der Waals surface area (Å²) in [7, 11) is 0. The average molecular weight is 230 g/mol. The predicted octanol–water partition coefficient (Wildman–Crippen LogP) is 0.987. The molecule has 84 valence electrons. The highest BCUT2D eigenvalue weighted by atomic mass is 19.1. The van der Waals surface area contributed by atoms with Crippen LogP contribution in [-0.4, -0.2) is 30.0 Å². The minimum Gasteiger partial charge on any atom is -0.241 e. The third kappa shape index (κ3) is 1.67. The number of rotatable bonds is 2. The van der Waals surface area contributed by atoms with E-state index in [2.05, 4.69) is 20.6 Å². The second-order valence-electron chi connectivity index (χ2n) is 3.34. The SMILES string of the molecule is Fc1ccc(-n2cccn2)cc1-n1cnnn1. The Morgan fingerprint density at radius 1 is 1.18 bits per heavy atom. The molecule has 3 aromatic rings. The Hall–Kier alpha value is -2.57. The maximum absolute atomic E-state index is 13.6. The first-order valence-electron chi connectivity index (χ1n) is 4.87. The van der Waals surface area contributed by atoms with E-state index < -0.39 is 5.82 Å². The number of hydrogen-bond donors (Lipinski definition) is 0. The lowest BCUT2D eigenvalue weighted by Gasteiger charge is -2.05. The molecule has 0 unspecified atom stereocenters. The number of hydrogen-bond acceptors (Lipinski definition) is 4. The summed E-state index contributed by atoms with van der Waals surface area (Å²) in [4.78, 5) is 0. The van der Waals surface area contributed by atoms with E-state index >= 15 is 0 Å². The maximum Gasteiger partial charge on any atom is 0.149 e. The van der Waals surface area contributed by atoms with Crippen molar-refractivity contribution in [3.63, 3.8) is 0 Å². The number of aromatic nitrogens is 6. The summed E-state index contributed by atoms with van der Waals surface area (Å²) >= 11 is 0. The first kappa shape index (κ1) is 9.64. The van der Waals surface area contributed by atoms with Crippen LogP contribution in [0.1, 0.15) is 0 Å². The lowest BCUT2D eigenvalue weighted by atomic mass is 10.2. The Kier molecular flexibility index (Phi) is 2.14. The molecule has 0 spiro atoms. The minimum absolute atomic E-state index is 0.281. The highest BCUT2D eigenvalue weighted by molar-refractivity contribution is 5.43. The van der Waals surface area contributed by atoms with Gasteiger partial charge in [-0.2, -0.15) is 9.78 Å². The summed E-state index contributed by atoms with van der Waals surface area (Å²) in [6, 6.07) is 6.41. The first-order valence-corrected chi connectivity index (χ1v) is 4.87. The third-order valence-electron chi connectivity index (χ3n) is 2.29. The highest BCUT2D eigenvalue weighted by Crippen LogP contribution is 2.16. The Morgan fingerprint density at radius 2 is 2.12 bits per heavy atom. The summed E-state index contributed by atoms with van der Waals surface area (Å²) in [6.45, 7) is 0. The van der Waals surface area contributed by atoms with Crippen LogP contribution in [0.4, 0.5) is 4.39 Å². The van der Waals surface area contributed by atoms with E-state index in [-0.39, 0.29) is 5.69 Å². The smallest absolute Gasteiger partial charge is 0.149 e. The zero-order chi connectivity index (χ0) is 11.7. The standard InChI is InChI=1S/C10H7FN6/c11-9-3-2-8(16-5-1-4-13-16)6-10(9)17-7-12-14-15-17/h1-7H. The molecule has 0 saturated heterocycles. The fourth-order valence-electron chi connectivity index (χ4n) is 1.51. The van der Waals surface area contributed by atoms with Crippen LogP contribution in [0.5, 0.6) is 0 Å². The molecule has 17 heavy (non-hydrogen) atoms. The van der Waals surface area contributed by atoms with E-state index in [0.29, 0.717) is 0 Å². The van der Waals surface area contributed by atoms with Gasteiger partial charge in [-0.25, -0.2) is 9.07 Å². The van der Waals surface area contributed by atoms with E-state index in [0.717, 1.165) is 5.69 Å². The van der Waals surface area contributed by atoms with Crippen molar-refractivity contribution in [1.29, 1.82) is 0 Å². The lowest BCUT2D eigenvalue weighted by molar-refractivity contribution is 0.606. The topological polar surface area (TPSA) is 61.4 Å². The maximum atomic E-state index is 13.6. The van der Waals surface area contributed by atoms with Crippen LogP contribution in [0.3, 0.4) is 0 Å². The van der Waals surface area contributed by atoms with E-state index in [4.69, 9.17) is 0 Å². The highest BCUT2D eigenvalue weighted by Gasteiger charge is 2.08. The molecule has 0 fully saturated rings. The Bertz CT molecular complexity index is 616. The molecule has 2 aromatic heterocycles. The second kappa shape index (κ2) is 3.78. The molecule has 0 atom stereocenters. The van der Waals surface area contributed by atoms with Crippen molar-refractivity contribution in [2.75, 3.05) is 0 Å². The van der Waals surface area contributed by atoms with Gasteiger partial charge in [-0.15, -0.1) is 5.10 Å². The number of benzene rings is 1. The molecular formula is C10H7FN6. The fraction of sp³-hybridized carbons (Fsp3) is 0. The third-order valence-corrected chi connectivity index (χ3v) is 2.29. The number of halogens is 1. The molecule has 3 rings (SSSR count). The van der Waals surface area contributed by atoms with Crippen molar-refractivity contribution in [2.24, 2.45) is 0 Å². The van der Waals surface area contributed by atoms with E-state index in [1.165, 1.54) is 17.1 Å². The van der Waals surface area contributed by atoms with Gasteiger partial charge in [0.1, 0.15) is 17.8 Å². The average Bonchev–Trinajstić information content (AvgIpc) is 3.03. The van der Waals surface area contributed by atoms with Crippen molar-refractivity contribution in [1.82, 2.24) is 30.0 Å². The van der Waals surface area contributed by atoms with Gasteiger partial charge in [0.05, 0.1) is 5.69 Å². The van der Waals surface area contributed by atoms with Gasteiger partial charge < -0.3 is 0 Å². The largest absolute Gasteiger partial charge is 0.241 e. The van der Waals surface area contributed by atoms with Crippen LogP contribution in [0.15, 0.2) is 43.0 Å². The van der Waals surface area contributed by atoms with Crippen molar-refractivity contribution < 1.29 is 4.39 Å². The van der Waals surface area contributed by atoms with Gasteiger partial charge >= 0.3 is 0 Å². The zero-order valence-electron chi connectivity index (χ0n) is 8.60. The van der Waals surface area contributed by atoms with Crippen LogP contribution in [0.25, 0.3) is 11.4 Å². The minimum atomic E-state index is -0.395. The van der Waals surface area contributed by atoms with Crippen LogP contribution in [-0.2, 0) is 0 Å². The van der Waals surface area contributed by atoms with Crippen LogP contribution < -0.4 is 0 Å².